The molecule has 0 spiro atoms. The number of rotatable bonds is 10. The predicted molar refractivity (Wildman–Crippen MR) is 123 cm³/mol. The first-order valence-electron chi connectivity index (χ1n) is 10.4. The van der Waals surface area contributed by atoms with Gasteiger partial charge in [-0.15, -0.1) is 0 Å². The maximum atomic E-state index is 8.35. The summed E-state index contributed by atoms with van der Waals surface area (Å²) in [6.45, 7) is 2.28. The molecule has 2 aromatic rings. The van der Waals surface area contributed by atoms with Crippen LogP contribution in [0.3, 0.4) is 0 Å². The molecular formula is C25H33N3O3. The Balaban J connectivity index is 0. The zero-order chi connectivity index (χ0) is 23.6. The third-order valence-corrected chi connectivity index (χ3v) is 4.50. The average molecular weight is 424 g/mol. The maximum absolute atomic E-state index is 8.35. The largest absolute Gasteiger partial charge is 0.231 e. The van der Waals surface area contributed by atoms with E-state index in [2.05, 4.69) is 67.6 Å². The SMILES string of the molecule is CCCCCCCCCC(c1ccccc1)c1ccccc1.N=C=O.N=C=O.N=C=O. The van der Waals surface area contributed by atoms with Crippen molar-refractivity contribution in [2.24, 2.45) is 0 Å². The smallest absolute Gasteiger partial charge is 0.222 e. The molecule has 2 aromatic carbocycles. The first kappa shape index (κ1) is 29.8. The van der Waals surface area contributed by atoms with Gasteiger partial charge in [0.15, 0.2) is 0 Å². The van der Waals surface area contributed by atoms with E-state index < -0.39 is 0 Å². The van der Waals surface area contributed by atoms with Crippen LogP contribution in [0.15, 0.2) is 60.7 Å². The first-order chi connectivity index (χ1) is 15.2. The van der Waals surface area contributed by atoms with Crippen LogP contribution in [-0.2, 0) is 14.4 Å². The maximum Gasteiger partial charge on any atom is 0.231 e. The van der Waals surface area contributed by atoms with E-state index in [1.54, 1.807) is 0 Å². The van der Waals surface area contributed by atoms with Crippen LogP contribution >= 0.6 is 0 Å². The Kier molecular flexibility index (Phi) is 23.6. The highest BCUT2D eigenvalue weighted by atomic mass is 16.1. The number of unbranched alkanes of at least 4 members (excludes halogenated alkanes) is 6. The second-order valence-electron chi connectivity index (χ2n) is 6.59. The van der Waals surface area contributed by atoms with E-state index in [1.165, 1.54) is 62.5 Å². The van der Waals surface area contributed by atoms with Gasteiger partial charge in [0, 0.05) is 5.92 Å². The number of hydrogen-bond donors (Lipinski definition) is 3. The molecule has 0 aliphatic rings. The van der Waals surface area contributed by atoms with Crippen LogP contribution in [0, 0.1) is 16.2 Å². The predicted octanol–water partition coefficient (Wildman–Crippen LogP) is 6.66. The molecule has 31 heavy (non-hydrogen) atoms. The Bertz CT molecular complexity index is 678. The molecule has 166 valence electrons. The highest BCUT2D eigenvalue weighted by molar-refractivity contribution is 5.32. The van der Waals surface area contributed by atoms with Gasteiger partial charge < -0.3 is 0 Å². The first-order valence-corrected chi connectivity index (χ1v) is 10.4. The molecule has 6 heteroatoms. The summed E-state index contributed by atoms with van der Waals surface area (Å²) in [6, 6.07) is 22.0. The van der Waals surface area contributed by atoms with Crippen molar-refractivity contribution in [2.75, 3.05) is 0 Å². The Hall–Kier alpha value is -3.42. The standard InChI is InChI=1S/C22H30.3CHNO/c1-2-3-4-5-6-7-14-19-22(20-15-10-8-11-16-20)21-17-12-9-13-18-21;3*2-1-3/h8-13,15-18,22H,2-7,14,19H2,1H3;3*2H. The van der Waals surface area contributed by atoms with E-state index >= 15 is 0 Å². The van der Waals surface area contributed by atoms with Gasteiger partial charge in [-0.1, -0.05) is 113 Å². The quantitative estimate of drug-likeness (QED) is 0.225. The monoisotopic (exact) mass is 423 g/mol. The highest BCUT2D eigenvalue weighted by Gasteiger charge is 2.13. The van der Waals surface area contributed by atoms with Crippen molar-refractivity contribution in [3.63, 3.8) is 0 Å². The van der Waals surface area contributed by atoms with Gasteiger partial charge in [0.2, 0.25) is 18.2 Å². The molecule has 0 radical (unpaired) electrons. The summed E-state index contributed by atoms with van der Waals surface area (Å²) in [4.78, 5) is 25.0. The zero-order valence-electron chi connectivity index (χ0n) is 18.2. The second-order valence-corrected chi connectivity index (χ2v) is 6.59. The zero-order valence-corrected chi connectivity index (χ0v) is 18.2. The third-order valence-electron chi connectivity index (χ3n) is 4.50. The lowest BCUT2D eigenvalue weighted by Gasteiger charge is -2.18. The van der Waals surface area contributed by atoms with Gasteiger partial charge in [-0.3, -0.25) is 0 Å². The topological polar surface area (TPSA) is 123 Å². The molecule has 6 nitrogen and oxygen atoms in total. The molecule has 0 aliphatic carbocycles. The van der Waals surface area contributed by atoms with Crippen LogP contribution in [0.25, 0.3) is 0 Å². The van der Waals surface area contributed by atoms with Gasteiger partial charge in [-0.05, 0) is 17.5 Å². The minimum atomic E-state index is 0.554. The molecule has 0 fully saturated rings. The number of isocyanates is 3. The molecule has 0 aromatic heterocycles. The van der Waals surface area contributed by atoms with E-state index in [9.17, 15) is 0 Å². The summed E-state index contributed by atoms with van der Waals surface area (Å²) < 4.78 is 0. The summed E-state index contributed by atoms with van der Waals surface area (Å²) in [5.74, 6) is 0.554. The van der Waals surface area contributed by atoms with Crippen molar-refractivity contribution < 1.29 is 14.4 Å². The molecular weight excluding hydrogens is 390 g/mol. The summed E-state index contributed by atoms with van der Waals surface area (Å²) in [6.07, 6.45) is 13.2. The van der Waals surface area contributed by atoms with Gasteiger partial charge in [0.1, 0.15) is 0 Å². The molecule has 0 saturated carbocycles. The summed E-state index contributed by atoms with van der Waals surface area (Å²) in [5.41, 5.74) is 2.92. The van der Waals surface area contributed by atoms with Crippen LogP contribution in [0.4, 0.5) is 0 Å². The van der Waals surface area contributed by atoms with E-state index in [1.807, 2.05) is 0 Å². The van der Waals surface area contributed by atoms with E-state index in [-0.39, 0.29) is 0 Å². The van der Waals surface area contributed by atoms with Crippen LogP contribution in [0.2, 0.25) is 0 Å². The lowest BCUT2D eigenvalue weighted by molar-refractivity contribution is 0.559. The van der Waals surface area contributed by atoms with Crippen LogP contribution in [0.1, 0.15) is 75.3 Å². The number of nitrogens with one attached hydrogen (secondary N) is 3. The molecule has 0 atom stereocenters. The number of carbonyl (C=O) groups excluding carboxylic acids is 3. The molecule has 3 N–H and O–H groups in total. The van der Waals surface area contributed by atoms with Crippen molar-refractivity contribution in [1.82, 2.24) is 0 Å². The molecule has 0 bridgehead atoms. The fraction of sp³-hybridized carbons (Fsp3) is 0.400. The van der Waals surface area contributed by atoms with E-state index in [0.29, 0.717) is 5.92 Å². The minimum Gasteiger partial charge on any atom is -0.222 e. The van der Waals surface area contributed by atoms with Gasteiger partial charge in [-0.2, -0.15) is 0 Å². The fourth-order valence-electron chi connectivity index (χ4n) is 3.20. The molecule has 0 aliphatic heterocycles. The molecule has 0 amide bonds. The molecule has 0 unspecified atom stereocenters. The Morgan fingerprint density at radius 3 is 1.29 bits per heavy atom. The Morgan fingerprint density at radius 1 is 0.613 bits per heavy atom. The minimum absolute atomic E-state index is 0.554. The third kappa shape index (κ3) is 18.4. The van der Waals surface area contributed by atoms with Gasteiger partial charge in [0.25, 0.3) is 0 Å². The van der Waals surface area contributed by atoms with Crippen molar-refractivity contribution in [3.05, 3.63) is 71.8 Å². The second kappa shape index (κ2) is 24.6. The highest BCUT2D eigenvalue weighted by Crippen LogP contribution is 2.29. The van der Waals surface area contributed by atoms with E-state index in [4.69, 9.17) is 30.6 Å². The summed E-state index contributed by atoms with van der Waals surface area (Å²) in [5, 5.41) is 16.2. The van der Waals surface area contributed by atoms with Crippen molar-refractivity contribution in [2.45, 2.75) is 64.2 Å². The summed E-state index contributed by atoms with van der Waals surface area (Å²) >= 11 is 0. The Labute approximate surface area is 185 Å². The van der Waals surface area contributed by atoms with Crippen LogP contribution < -0.4 is 0 Å². The van der Waals surface area contributed by atoms with Crippen molar-refractivity contribution >= 4 is 18.2 Å². The normalized spacial score (nSPS) is 8.58. The van der Waals surface area contributed by atoms with Gasteiger partial charge in [0.05, 0.1) is 0 Å². The van der Waals surface area contributed by atoms with Crippen molar-refractivity contribution in [1.29, 1.82) is 16.2 Å². The molecule has 0 saturated heterocycles. The fourth-order valence-corrected chi connectivity index (χ4v) is 3.20. The van der Waals surface area contributed by atoms with Crippen LogP contribution in [0.5, 0.6) is 0 Å². The van der Waals surface area contributed by atoms with Crippen LogP contribution in [-0.4, -0.2) is 18.2 Å². The average Bonchev–Trinajstić information content (AvgIpc) is 2.79. The van der Waals surface area contributed by atoms with E-state index in [0.717, 1.165) is 18.2 Å². The summed E-state index contributed by atoms with van der Waals surface area (Å²) in [7, 11) is 0. The van der Waals surface area contributed by atoms with Gasteiger partial charge in [-0.25, -0.2) is 30.6 Å². The molecule has 2 rings (SSSR count). The number of benzene rings is 2. The lowest BCUT2D eigenvalue weighted by Crippen LogP contribution is -2.01. The van der Waals surface area contributed by atoms with Gasteiger partial charge >= 0.3 is 0 Å². The number of hydrogen-bond acceptors (Lipinski definition) is 6. The van der Waals surface area contributed by atoms with Crippen molar-refractivity contribution in [3.8, 4) is 0 Å². The molecule has 0 heterocycles. The lowest BCUT2D eigenvalue weighted by atomic mass is 9.87. The Morgan fingerprint density at radius 2 is 0.935 bits per heavy atom.